The van der Waals surface area contributed by atoms with Gasteiger partial charge in [0.25, 0.3) is 5.91 Å². The number of fused-ring (bicyclic) bond motifs is 2. The average Bonchev–Trinajstić information content (AvgIpc) is 3.36. The second kappa shape index (κ2) is 10.2. The molecule has 0 saturated carbocycles. The summed E-state index contributed by atoms with van der Waals surface area (Å²) in [7, 11) is 0. The van der Waals surface area contributed by atoms with E-state index in [1.807, 2.05) is 42.6 Å². The van der Waals surface area contributed by atoms with Crippen LogP contribution in [0.2, 0.25) is 0 Å². The van der Waals surface area contributed by atoms with Gasteiger partial charge in [-0.05, 0) is 60.4 Å². The predicted molar refractivity (Wildman–Crippen MR) is 146 cm³/mol. The number of aromatic amines is 1. The number of halogens is 1. The number of imidazole rings is 1. The second-order valence-electron chi connectivity index (χ2n) is 8.83. The standard InChI is InChI=1S/C27H22IN7O2/c28-27-31-9-6-21(34-27)19-12-22-25(32-14-19)35-24(33-22)20-11-18-10-17(3-4-23(18)37-15-20)26(36)30-8-5-16-2-1-7-29-13-16/h1-4,6-7,9-10,12-14,20H,5,8,11,15H2,(H,30,36)(H,32,33,35). The van der Waals surface area contributed by atoms with Gasteiger partial charge in [-0.1, -0.05) is 6.07 Å². The second-order valence-corrected chi connectivity index (χ2v) is 9.79. The molecule has 4 aromatic heterocycles. The van der Waals surface area contributed by atoms with Crippen LogP contribution in [0.15, 0.2) is 67.3 Å². The summed E-state index contributed by atoms with van der Waals surface area (Å²) in [5, 5.41) is 2.99. The van der Waals surface area contributed by atoms with Crippen LogP contribution in [-0.4, -0.2) is 49.0 Å². The largest absolute Gasteiger partial charge is 0.493 e. The highest BCUT2D eigenvalue weighted by molar-refractivity contribution is 14.1. The van der Waals surface area contributed by atoms with E-state index in [-0.39, 0.29) is 11.8 Å². The van der Waals surface area contributed by atoms with Crippen molar-refractivity contribution in [1.82, 2.24) is 35.2 Å². The van der Waals surface area contributed by atoms with E-state index in [4.69, 9.17) is 9.72 Å². The highest BCUT2D eigenvalue weighted by Crippen LogP contribution is 2.33. The number of carbonyl (C=O) groups excluding carboxylic acids is 1. The van der Waals surface area contributed by atoms with Crippen molar-refractivity contribution >= 4 is 39.7 Å². The number of amides is 1. The predicted octanol–water partition coefficient (Wildman–Crippen LogP) is 4.11. The van der Waals surface area contributed by atoms with Crippen LogP contribution in [0.4, 0.5) is 0 Å². The van der Waals surface area contributed by atoms with Crippen LogP contribution >= 0.6 is 22.6 Å². The van der Waals surface area contributed by atoms with Crippen LogP contribution in [0.5, 0.6) is 5.75 Å². The van der Waals surface area contributed by atoms with Crippen molar-refractivity contribution in [3.63, 3.8) is 0 Å². The number of H-pyrrole nitrogens is 1. The number of aromatic nitrogens is 6. The molecule has 1 amide bonds. The third-order valence-electron chi connectivity index (χ3n) is 6.31. The topological polar surface area (TPSA) is 119 Å². The molecule has 0 saturated heterocycles. The van der Waals surface area contributed by atoms with Crippen LogP contribution in [-0.2, 0) is 12.8 Å². The Bertz CT molecular complexity index is 1590. The van der Waals surface area contributed by atoms with Crippen LogP contribution in [0.1, 0.15) is 33.2 Å². The van der Waals surface area contributed by atoms with E-state index in [0.717, 1.165) is 51.5 Å². The van der Waals surface area contributed by atoms with Crippen molar-refractivity contribution < 1.29 is 9.53 Å². The zero-order valence-corrected chi connectivity index (χ0v) is 21.8. The molecular formula is C27H22IN7O2. The van der Waals surface area contributed by atoms with Crippen molar-refractivity contribution in [2.45, 2.75) is 18.8 Å². The van der Waals surface area contributed by atoms with Gasteiger partial charge >= 0.3 is 0 Å². The first-order chi connectivity index (χ1) is 18.1. The molecule has 0 fully saturated rings. The molecular weight excluding hydrogens is 581 g/mol. The highest BCUT2D eigenvalue weighted by Gasteiger charge is 2.25. The van der Waals surface area contributed by atoms with Gasteiger partial charge in [0.1, 0.15) is 17.1 Å². The maximum atomic E-state index is 12.8. The molecule has 1 unspecified atom stereocenters. The Morgan fingerprint density at radius 3 is 2.92 bits per heavy atom. The van der Waals surface area contributed by atoms with Gasteiger partial charge in [-0.25, -0.2) is 19.9 Å². The van der Waals surface area contributed by atoms with Crippen LogP contribution in [0, 0.1) is 3.83 Å². The van der Waals surface area contributed by atoms with E-state index in [1.54, 1.807) is 24.7 Å². The first kappa shape index (κ1) is 23.5. The molecule has 37 heavy (non-hydrogen) atoms. The molecule has 0 aliphatic carbocycles. The molecule has 6 rings (SSSR count). The third-order valence-corrected chi connectivity index (χ3v) is 6.83. The van der Waals surface area contributed by atoms with Gasteiger partial charge in [0.15, 0.2) is 9.48 Å². The Labute approximate surface area is 226 Å². The molecule has 5 aromatic rings. The van der Waals surface area contributed by atoms with Gasteiger partial charge in [0.2, 0.25) is 0 Å². The molecule has 1 aliphatic rings. The fourth-order valence-electron chi connectivity index (χ4n) is 4.42. The van der Waals surface area contributed by atoms with Crippen molar-refractivity contribution in [2.24, 2.45) is 0 Å². The lowest BCUT2D eigenvalue weighted by Crippen LogP contribution is -2.26. The van der Waals surface area contributed by atoms with Gasteiger partial charge < -0.3 is 15.0 Å². The summed E-state index contributed by atoms with van der Waals surface area (Å²) in [5.74, 6) is 1.54. The Balaban J connectivity index is 1.16. The summed E-state index contributed by atoms with van der Waals surface area (Å²) in [4.78, 5) is 38.2. The van der Waals surface area contributed by atoms with Crippen LogP contribution in [0.25, 0.3) is 22.4 Å². The molecule has 1 aliphatic heterocycles. The number of benzene rings is 1. The van der Waals surface area contributed by atoms with Gasteiger partial charge in [0.05, 0.1) is 18.2 Å². The van der Waals surface area contributed by atoms with E-state index in [2.05, 4.69) is 52.8 Å². The van der Waals surface area contributed by atoms with Crippen molar-refractivity contribution in [1.29, 1.82) is 0 Å². The van der Waals surface area contributed by atoms with E-state index < -0.39 is 0 Å². The highest BCUT2D eigenvalue weighted by atomic mass is 127. The normalized spacial score (nSPS) is 14.7. The van der Waals surface area contributed by atoms with Gasteiger partial charge in [-0.3, -0.25) is 9.78 Å². The maximum Gasteiger partial charge on any atom is 0.251 e. The molecule has 2 N–H and O–H groups in total. The first-order valence-corrected chi connectivity index (χ1v) is 13.0. The number of ether oxygens (including phenoxy) is 1. The Kier molecular flexibility index (Phi) is 6.47. The monoisotopic (exact) mass is 603 g/mol. The summed E-state index contributed by atoms with van der Waals surface area (Å²) >= 11 is 2.09. The third kappa shape index (κ3) is 5.15. The average molecular weight is 603 g/mol. The molecule has 184 valence electrons. The number of nitrogens with zero attached hydrogens (tertiary/aromatic N) is 5. The molecule has 5 heterocycles. The summed E-state index contributed by atoms with van der Waals surface area (Å²) in [6.07, 6.45) is 8.51. The fraction of sp³-hybridized carbons (Fsp3) is 0.185. The van der Waals surface area contributed by atoms with Crippen molar-refractivity contribution in [2.75, 3.05) is 13.2 Å². The molecule has 0 radical (unpaired) electrons. The minimum absolute atomic E-state index is 0.0223. The summed E-state index contributed by atoms with van der Waals surface area (Å²) < 4.78 is 6.71. The number of hydrogen-bond acceptors (Lipinski definition) is 7. The lowest BCUT2D eigenvalue weighted by Gasteiger charge is -2.24. The van der Waals surface area contributed by atoms with Gasteiger partial charge in [-0.2, -0.15) is 0 Å². The number of carbonyl (C=O) groups is 1. The smallest absolute Gasteiger partial charge is 0.251 e. The summed E-state index contributed by atoms with van der Waals surface area (Å²) in [6.45, 7) is 1.04. The lowest BCUT2D eigenvalue weighted by atomic mass is 9.94. The fourth-order valence-corrected chi connectivity index (χ4v) is 4.84. The summed E-state index contributed by atoms with van der Waals surface area (Å²) in [5.41, 5.74) is 5.87. The Morgan fingerprint density at radius 2 is 2.05 bits per heavy atom. The summed E-state index contributed by atoms with van der Waals surface area (Å²) in [6, 6.07) is 13.3. The Hall–Kier alpha value is -3.93. The molecule has 0 bridgehead atoms. The first-order valence-electron chi connectivity index (χ1n) is 11.9. The number of pyridine rings is 2. The molecule has 0 spiro atoms. The van der Waals surface area contributed by atoms with Crippen LogP contribution in [0.3, 0.4) is 0 Å². The van der Waals surface area contributed by atoms with E-state index in [1.165, 1.54) is 0 Å². The Morgan fingerprint density at radius 1 is 1.11 bits per heavy atom. The lowest BCUT2D eigenvalue weighted by molar-refractivity contribution is 0.0954. The zero-order chi connectivity index (χ0) is 25.2. The maximum absolute atomic E-state index is 12.8. The minimum Gasteiger partial charge on any atom is -0.493 e. The molecule has 9 nitrogen and oxygen atoms in total. The SMILES string of the molecule is O=C(NCCc1cccnc1)c1ccc2c(c1)CC(c1nc3cc(-c4ccnc(I)n4)cnc3[nH]1)CO2. The zero-order valence-electron chi connectivity index (χ0n) is 19.7. The van der Waals surface area contributed by atoms with Gasteiger partial charge in [0, 0.05) is 65.0 Å². The molecule has 1 aromatic carbocycles. The number of hydrogen-bond donors (Lipinski definition) is 2. The number of nitrogens with one attached hydrogen (secondary N) is 2. The van der Waals surface area contributed by atoms with E-state index in [0.29, 0.717) is 29.0 Å². The van der Waals surface area contributed by atoms with Gasteiger partial charge in [-0.15, -0.1) is 0 Å². The van der Waals surface area contributed by atoms with E-state index >= 15 is 0 Å². The quantitative estimate of drug-likeness (QED) is 0.222. The molecule has 10 heteroatoms. The van der Waals surface area contributed by atoms with Crippen LogP contribution < -0.4 is 10.1 Å². The van der Waals surface area contributed by atoms with Crippen molar-refractivity contribution in [3.8, 4) is 17.0 Å². The van der Waals surface area contributed by atoms with Crippen molar-refractivity contribution in [3.05, 3.63) is 93.6 Å². The molecule has 1 atom stereocenters. The number of rotatable bonds is 6. The minimum atomic E-state index is -0.103. The van der Waals surface area contributed by atoms with E-state index in [9.17, 15) is 4.79 Å².